The molecule has 0 radical (unpaired) electrons. The number of rotatable bonds is 1. The number of piperidine rings is 1. The maximum Gasteiger partial charge on any atom is 0.219 e. The summed E-state index contributed by atoms with van der Waals surface area (Å²) in [6.07, 6.45) is 1.88. The van der Waals surface area contributed by atoms with Crippen molar-refractivity contribution in [2.24, 2.45) is 0 Å². The Balaban J connectivity index is 1.84. The molecule has 2 aromatic rings. The minimum absolute atomic E-state index is 0.142. The van der Waals surface area contributed by atoms with Crippen molar-refractivity contribution < 1.29 is 9.18 Å². The van der Waals surface area contributed by atoms with Crippen molar-refractivity contribution in [2.45, 2.75) is 25.7 Å². The molecule has 1 saturated heterocycles. The van der Waals surface area contributed by atoms with Crippen molar-refractivity contribution in [3.8, 4) is 0 Å². The summed E-state index contributed by atoms with van der Waals surface area (Å²) < 4.78 is 18.6. The molecule has 0 saturated carbocycles. The molecule has 100 valence electrons. The van der Waals surface area contributed by atoms with Crippen LogP contribution in [0.5, 0.6) is 0 Å². The number of carbonyl (C=O) groups is 1. The average molecular weight is 278 g/mol. The Hall–Kier alpha value is -1.49. The van der Waals surface area contributed by atoms with Gasteiger partial charge in [0.15, 0.2) is 0 Å². The van der Waals surface area contributed by atoms with Crippen LogP contribution >= 0.6 is 11.5 Å². The van der Waals surface area contributed by atoms with Gasteiger partial charge in [0.05, 0.1) is 10.4 Å². The Kier molecular flexibility index (Phi) is 3.22. The van der Waals surface area contributed by atoms with E-state index < -0.39 is 0 Å². The van der Waals surface area contributed by atoms with E-state index in [4.69, 9.17) is 0 Å². The van der Waals surface area contributed by atoms with Crippen LogP contribution in [0.3, 0.4) is 0 Å². The Labute approximate surface area is 115 Å². The van der Waals surface area contributed by atoms with Crippen LogP contribution in [0.1, 0.15) is 31.4 Å². The van der Waals surface area contributed by atoms with E-state index in [1.807, 2.05) is 11.0 Å². The topological polar surface area (TPSA) is 33.2 Å². The van der Waals surface area contributed by atoms with E-state index in [0.29, 0.717) is 5.92 Å². The highest BCUT2D eigenvalue weighted by Crippen LogP contribution is 2.34. The maximum absolute atomic E-state index is 13.2. The van der Waals surface area contributed by atoms with Gasteiger partial charge < -0.3 is 4.90 Å². The van der Waals surface area contributed by atoms with E-state index in [-0.39, 0.29) is 11.7 Å². The van der Waals surface area contributed by atoms with Gasteiger partial charge in [-0.1, -0.05) is 0 Å². The monoisotopic (exact) mass is 278 g/mol. The molecule has 1 aromatic carbocycles. The van der Waals surface area contributed by atoms with Crippen LogP contribution in [-0.4, -0.2) is 28.3 Å². The third kappa shape index (κ3) is 2.34. The molecular weight excluding hydrogens is 263 g/mol. The number of carbonyl (C=O) groups excluding carboxylic acids is 1. The molecule has 1 aliphatic rings. The number of aromatic nitrogens is 1. The summed E-state index contributed by atoms with van der Waals surface area (Å²) in [5, 5.41) is 1.06. The largest absolute Gasteiger partial charge is 0.343 e. The van der Waals surface area contributed by atoms with Crippen molar-refractivity contribution in [1.29, 1.82) is 0 Å². The van der Waals surface area contributed by atoms with Crippen LogP contribution in [-0.2, 0) is 4.79 Å². The van der Waals surface area contributed by atoms with Gasteiger partial charge in [-0.15, -0.1) is 0 Å². The summed E-state index contributed by atoms with van der Waals surface area (Å²) in [5.41, 5.74) is 1.07. The van der Waals surface area contributed by atoms with E-state index in [1.165, 1.54) is 17.6 Å². The lowest BCUT2D eigenvalue weighted by Crippen LogP contribution is -2.36. The number of benzene rings is 1. The van der Waals surface area contributed by atoms with Crippen LogP contribution in [0.15, 0.2) is 18.2 Å². The number of amides is 1. The Morgan fingerprint density at radius 2 is 2.16 bits per heavy atom. The molecule has 0 atom stereocenters. The highest BCUT2D eigenvalue weighted by atomic mass is 32.1. The molecule has 3 rings (SSSR count). The van der Waals surface area contributed by atoms with E-state index in [0.717, 1.165) is 41.7 Å². The zero-order chi connectivity index (χ0) is 13.4. The first-order chi connectivity index (χ1) is 9.15. The van der Waals surface area contributed by atoms with Gasteiger partial charge in [-0.05, 0) is 42.6 Å². The molecule has 3 nitrogen and oxygen atoms in total. The van der Waals surface area contributed by atoms with Crippen molar-refractivity contribution in [3.63, 3.8) is 0 Å². The fraction of sp³-hybridized carbons (Fsp3) is 0.429. The van der Waals surface area contributed by atoms with Crippen molar-refractivity contribution in [3.05, 3.63) is 29.7 Å². The van der Waals surface area contributed by atoms with Gasteiger partial charge >= 0.3 is 0 Å². The molecule has 0 N–H and O–H groups in total. The molecule has 1 fully saturated rings. The molecular formula is C14H15FN2OS. The molecule has 1 amide bonds. The number of hydrogen-bond acceptors (Lipinski definition) is 3. The summed E-state index contributed by atoms with van der Waals surface area (Å²) in [7, 11) is 0. The lowest BCUT2D eigenvalue weighted by atomic mass is 9.91. The summed E-state index contributed by atoms with van der Waals surface area (Å²) in [6.45, 7) is 3.20. The fourth-order valence-corrected chi connectivity index (χ4v) is 3.57. The quantitative estimate of drug-likeness (QED) is 0.802. The zero-order valence-corrected chi connectivity index (χ0v) is 11.5. The summed E-state index contributed by atoms with van der Waals surface area (Å²) in [5.74, 6) is 0.313. The molecule has 0 unspecified atom stereocenters. The van der Waals surface area contributed by atoms with E-state index in [2.05, 4.69) is 4.37 Å². The standard InChI is InChI=1S/C14H15FN2OS/c1-9(18)17-6-4-10(5-7-17)14-12-3-2-11(15)8-13(12)19-16-14/h2-3,8,10H,4-7H2,1H3. The predicted octanol–water partition coefficient (Wildman–Crippen LogP) is 3.16. The molecule has 1 aliphatic heterocycles. The van der Waals surface area contributed by atoms with Crippen LogP contribution < -0.4 is 0 Å². The highest BCUT2D eigenvalue weighted by molar-refractivity contribution is 7.13. The van der Waals surface area contributed by atoms with Crippen molar-refractivity contribution >= 4 is 27.5 Å². The van der Waals surface area contributed by atoms with Gasteiger partial charge in [-0.3, -0.25) is 4.79 Å². The van der Waals surface area contributed by atoms with Gasteiger partial charge in [-0.2, -0.15) is 4.37 Å². The second-order valence-corrected chi connectivity index (χ2v) is 5.79. The SMILES string of the molecule is CC(=O)N1CCC(c2nsc3cc(F)ccc23)CC1. The first-order valence-electron chi connectivity index (χ1n) is 6.45. The number of likely N-dealkylation sites (tertiary alicyclic amines) is 1. The van der Waals surface area contributed by atoms with Gasteiger partial charge in [0, 0.05) is 31.3 Å². The van der Waals surface area contributed by atoms with Gasteiger partial charge in [-0.25, -0.2) is 4.39 Å². The average Bonchev–Trinajstić information content (AvgIpc) is 2.81. The first kappa shape index (κ1) is 12.5. The lowest BCUT2D eigenvalue weighted by Gasteiger charge is -2.30. The number of nitrogens with zero attached hydrogens (tertiary/aromatic N) is 2. The number of fused-ring (bicyclic) bond motifs is 1. The molecule has 0 aliphatic carbocycles. The summed E-state index contributed by atoms with van der Waals surface area (Å²) >= 11 is 1.36. The summed E-state index contributed by atoms with van der Waals surface area (Å²) in [6, 6.07) is 4.85. The smallest absolute Gasteiger partial charge is 0.219 e. The van der Waals surface area contributed by atoms with Gasteiger partial charge in [0.25, 0.3) is 0 Å². The second-order valence-electron chi connectivity index (χ2n) is 4.99. The summed E-state index contributed by atoms with van der Waals surface area (Å²) in [4.78, 5) is 13.2. The van der Waals surface area contributed by atoms with Crippen LogP contribution in [0.25, 0.3) is 10.1 Å². The lowest BCUT2D eigenvalue weighted by molar-refractivity contribution is -0.129. The molecule has 5 heteroatoms. The van der Waals surface area contributed by atoms with Crippen LogP contribution in [0.2, 0.25) is 0 Å². The highest BCUT2D eigenvalue weighted by Gasteiger charge is 2.25. The van der Waals surface area contributed by atoms with E-state index in [1.54, 1.807) is 13.0 Å². The van der Waals surface area contributed by atoms with Crippen LogP contribution in [0, 0.1) is 5.82 Å². The molecule has 0 spiro atoms. The molecule has 0 bridgehead atoms. The Morgan fingerprint density at radius 3 is 2.84 bits per heavy atom. The predicted molar refractivity (Wildman–Crippen MR) is 73.8 cm³/mol. The van der Waals surface area contributed by atoms with E-state index >= 15 is 0 Å². The number of hydrogen-bond donors (Lipinski definition) is 0. The van der Waals surface area contributed by atoms with E-state index in [9.17, 15) is 9.18 Å². The number of halogens is 1. The normalized spacial score (nSPS) is 17.1. The molecule has 1 aromatic heterocycles. The van der Waals surface area contributed by atoms with Crippen LogP contribution in [0.4, 0.5) is 4.39 Å². The zero-order valence-electron chi connectivity index (χ0n) is 10.7. The van der Waals surface area contributed by atoms with Crippen molar-refractivity contribution in [1.82, 2.24) is 9.27 Å². The van der Waals surface area contributed by atoms with Crippen molar-refractivity contribution in [2.75, 3.05) is 13.1 Å². The third-order valence-corrected chi connectivity index (χ3v) is 4.61. The molecule has 2 heterocycles. The molecule has 19 heavy (non-hydrogen) atoms. The minimum Gasteiger partial charge on any atom is -0.343 e. The van der Waals surface area contributed by atoms with Gasteiger partial charge in [0.2, 0.25) is 5.91 Å². The Bertz CT molecular complexity index is 617. The third-order valence-electron chi connectivity index (χ3n) is 3.79. The van der Waals surface area contributed by atoms with Gasteiger partial charge in [0.1, 0.15) is 5.82 Å². The Morgan fingerprint density at radius 1 is 1.42 bits per heavy atom. The second kappa shape index (κ2) is 4.89. The minimum atomic E-state index is -0.214. The maximum atomic E-state index is 13.2. The first-order valence-corrected chi connectivity index (χ1v) is 7.23. The fourth-order valence-electron chi connectivity index (χ4n) is 2.69.